The molecule has 0 spiro atoms. The van der Waals surface area contributed by atoms with Gasteiger partial charge >= 0.3 is 37.7 Å². The van der Waals surface area contributed by atoms with Crippen molar-refractivity contribution in [1.82, 2.24) is 0 Å². The Hall–Kier alpha value is -0.928. The largest absolute Gasteiger partial charge is 1.00 e. The molecule has 2 aliphatic rings. The molecule has 166 valence electrons. The van der Waals surface area contributed by atoms with Gasteiger partial charge in [0.1, 0.15) is 0 Å². The maximum absolute atomic E-state index is 2.65. The van der Waals surface area contributed by atoms with E-state index in [1.54, 1.807) is 54.3 Å². The molecule has 4 aromatic carbocycles. The monoisotopic (exact) mass is 450 g/mol. The van der Waals surface area contributed by atoms with Gasteiger partial charge < -0.3 is 0 Å². The summed E-state index contributed by atoms with van der Waals surface area (Å²) in [4.78, 5) is 0. The first-order valence-corrected chi connectivity index (χ1v) is 15.9. The number of benzene rings is 2. The summed E-state index contributed by atoms with van der Waals surface area (Å²) >= 11 is 0. The van der Waals surface area contributed by atoms with Gasteiger partial charge in [0.15, 0.2) is 0 Å². The fourth-order valence-electron chi connectivity index (χ4n) is 6.88. The van der Waals surface area contributed by atoms with Crippen molar-refractivity contribution >= 4 is 40.0 Å². The van der Waals surface area contributed by atoms with Gasteiger partial charge in [0.05, 0.1) is 0 Å². The smallest absolute Gasteiger partial charge is 0.151 e. The van der Waals surface area contributed by atoms with E-state index in [0.29, 0.717) is 5.92 Å². The minimum atomic E-state index is -1.85. The topological polar surface area (TPSA) is 0 Å². The van der Waals surface area contributed by atoms with E-state index in [-0.39, 0.29) is 37.7 Å². The summed E-state index contributed by atoms with van der Waals surface area (Å²) in [6.45, 7) is 9.98. The molecule has 0 saturated carbocycles. The zero-order valence-electron chi connectivity index (χ0n) is 22.3. The van der Waals surface area contributed by atoms with Crippen LogP contribution in [-0.2, 0) is 25.7 Å². The van der Waals surface area contributed by atoms with Crippen molar-refractivity contribution in [2.75, 3.05) is 0 Å². The number of aryl methyl sites for hydroxylation is 4. The van der Waals surface area contributed by atoms with Crippen LogP contribution in [0.25, 0.3) is 21.5 Å². The van der Waals surface area contributed by atoms with Crippen LogP contribution in [0.5, 0.6) is 0 Å². The van der Waals surface area contributed by atoms with E-state index < -0.39 is 8.07 Å². The molecule has 4 aromatic rings. The fraction of sp³-hybridized carbons (Fsp3) is 0.419. The first-order chi connectivity index (χ1) is 15.5. The first-order valence-electron chi connectivity index (χ1n) is 12.9. The Morgan fingerprint density at radius 2 is 1.44 bits per heavy atom. The molecular formula is C31H36Li2Si. The zero-order valence-corrected chi connectivity index (χ0v) is 23.3. The van der Waals surface area contributed by atoms with Gasteiger partial charge in [-0.2, -0.15) is 6.07 Å². The van der Waals surface area contributed by atoms with Crippen molar-refractivity contribution in [3.63, 3.8) is 0 Å². The van der Waals surface area contributed by atoms with Gasteiger partial charge in [-0.05, 0) is 25.2 Å². The summed E-state index contributed by atoms with van der Waals surface area (Å²) < 4.78 is 0. The van der Waals surface area contributed by atoms with Gasteiger partial charge in [-0.15, -0.1) is 85.4 Å². The SMILES string of the molecule is CCCC(C)c1cc([Si](C)(C)c2cc[c-]3cc4c(cc23)CCC4)c2cc3c(c[c-]12)CCC3.[Li+].[Li+]. The molecule has 2 aliphatic carbocycles. The van der Waals surface area contributed by atoms with Crippen molar-refractivity contribution in [3.8, 4) is 0 Å². The third-order valence-corrected chi connectivity index (χ3v) is 12.3. The normalized spacial score (nSPS) is 15.8. The van der Waals surface area contributed by atoms with E-state index in [0.717, 1.165) is 0 Å². The van der Waals surface area contributed by atoms with E-state index in [9.17, 15) is 0 Å². The third-order valence-electron chi connectivity index (χ3n) is 8.72. The van der Waals surface area contributed by atoms with Crippen LogP contribution in [-0.4, -0.2) is 8.07 Å². The summed E-state index contributed by atoms with van der Waals surface area (Å²) in [6, 6.07) is 17.8. The van der Waals surface area contributed by atoms with Crippen LogP contribution in [0.3, 0.4) is 0 Å². The second kappa shape index (κ2) is 9.85. The Labute approximate surface area is 231 Å². The molecular weight excluding hydrogens is 414 g/mol. The average molecular weight is 451 g/mol. The summed E-state index contributed by atoms with van der Waals surface area (Å²) in [5.74, 6) is 0.639. The molecule has 6 rings (SSSR count). The molecule has 0 heterocycles. The number of hydrogen-bond donors (Lipinski definition) is 0. The maximum atomic E-state index is 2.65. The van der Waals surface area contributed by atoms with Crippen LogP contribution >= 0.6 is 0 Å². The molecule has 0 saturated heterocycles. The van der Waals surface area contributed by atoms with E-state index in [2.05, 4.69) is 69.4 Å². The van der Waals surface area contributed by atoms with Crippen LogP contribution in [0, 0.1) is 0 Å². The van der Waals surface area contributed by atoms with Crippen molar-refractivity contribution < 1.29 is 37.7 Å². The predicted molar refractivity (Wildman–Crippen MR) is 143 cm³/mol. The van der Waals surface area contributed by atoms with Gasteiger partial charge in [-0.25, -0.2) is 0 Å². The molecule has 0 aromatic heterocycles. The van der Waals surface area contributed by atoms with Gasteiger partial charge in [0.2, 0.25) is 0 Å². The van der Waals surface area contributed by atoms with Crippen molar-refractivity contribution in [1.29, 1.82) is 0 Å². The standard InChI is InChI=1S/C31H36Si.2Li/c1-5-8-20(2)26-19-31(29-18-24-12-7-11-23(24)17-28(26)29)32(3,4)30-14-13-25-15-21-9-6-10-22(21)16-27(25)30;;/h13-20H,5-12H2,1-4H3;;/q-2;2*+1. The van der Waals surface area contributed by atoms with Gasteiger partial charge in [0, 0.05) is 8.07 Å². The zero-order chi connectivity index (χ0) is 22.0. The molecule has 1 atom stereocenters. The minimum absolute atomic E-state index is 0. The second-order valence-electron chi connectivity index (χ2n) is 11.2. The van der Waals surface area contributed by atoms with Gasteiger partial charge in [-0.3, -0.25) is 0 Å². The molecule has 0 nitrogen and oxygen atoms in total. The van der Waals surface area contributed by atoms with Gasteiger partial charge in [-0.1, -0.05) is 69.8 Å². The van der Waals surface area contributed by atoms with E-state index in [1.807, 2.05) is 0 Å². The van der Waals surface area contributed by atoms with Crippen molar-refractivity contribution in [2.45, 2.75) is 84.2 Å². The van der Waals surface area contributed by atoms with Crippen molar-refractivity contribution in [2.24, 2.45) is 0 Å². The Kier molecular flexibility index (Phi) is 7.57. The molecule has 0 fully saturated rings. The fourth-order valence-corrected chi connectivity index (χ4v) is 9.95. The number of fused-ring (bicyclic) bond motifs is 4. The number of hydrogen-bond acceptors (Lipinski definition) is 0. The van der Waals surface area contributed by atoms with E-state index in [1.165, 1.54) is 56.8 Å². The predicted octanol–water partition coefficient (Wildman–Crippen LogP) is 1.14. The Morgan fingerprint density at radius 3 is 2.12 bits per heavy atom. The summed E-state index contributed by atoms with van der Waals surface area (Å²) in [5, 5.41) is 9.48. The average Bonchev–Trinajstić information content (AvgIpc) is 3.54. The number of rotatable bonds is 5. The molecule has 3 heteroatoms. The van der Waals surface area contributed by atoms with Crippen molar-refractivity contribution in [3.05, 3.63) is 70.3 Å². The van der Waals surface area contributed by atoms with Crippen LogP contribution in [0.1, 0.15) is 73.3 Å². The third kappa shape index (κ3) is 4.07. The molecule has 0 N–H and O–H groups in total. The van der Waals surface area contributed by atoms with E-state index in [4.69, 9.17) is 0 Å². The van der Waals surface area contributed by atoms with Gasteiger partial charge in [0.25, 0.3) is 0 Å². The molecule has 0 amide bonds. The molecule has 1 unspecified atom stereocenters. The van der Waals surface area contributed by atoms with Crippen LogP contribution in [0.15, 0.2) is 42.5 Å². The molecule has 34 heavy (non-hydrogen) atoms. The minimum Gasteiger partial charge on any atom is -0.151 e. The first kappa shape index (κ1) is 26.1. The molecule has 0 bridgehead atoms. The van der Waals surface area contributed by atoms with E-state index >= 15 is 0 Å². The Balaban J connectivity index is 0.00000137. The Morgan fingerprint density at radius 1 is 0.824 bits per heavy atom. The summed E-state index contributed by atoms with van der Waals surface area (Å²) in [7, 11) is -1.85. The summed E-state index contributed by atoms with van der Waals surface area (Å²) in [6.07, 6.45) is 10.3. The Bertz CT molecular complexity index is 1340. The van der Waals surface area contributed by atoms with Crippen LogP contribution < -0.4 is 48.1 Å². The second-order valence-corrected chi connectivity index (χ2v) is 15.5. The molecule has 0 aliphatic heterocycles. The summed E-state index contributed by atoms with van der Waals surface area (Å²) in [5.41, 5.74) is 8.06. The maximum Gasteiger partial charge on any atom is 1.00 e. The quantitative estimate of drug-likeness (QED) is 0.316. The van der Waals surface area contributed by atoms with Crippen LogP contribution in [0.4, 0.5) is 0 Å². The van der Waals surface area contributed by atoms with Crippen LogP contribution in [0.2, 0.25) is 13.1 Å². The molecule has 0 radical (unpaired) electrons.